The summed E-state index contributed by atoms with van der Waals surface area (Å²) in [5.74, 6) is 1.37. The topological polar surface area (TPSA) is 58.0 Å². The van der Waals surface area contributed by atoms with Crippen molar-refractivity contribution in [3.8, 4) is 5.75 Å². The van der Waals surface area contributed by atoms with E-state index in [1.807, 2.05) is 25.1 Å². The summed E-state index contributed by atoms with van der Waals surface area (Å²) in [5, 5.41) is 3.56. The molecule has 1 aromatic carbocycles. The largest absolute Gasteiger partial charge is 0.493 e. The van der Waals surface area contributed by atoms with Gasteiger partial charge in [-0.05, 0) is 35.6 Å². The Bertz CT molecular complexity index is 395. The Balaban J connectivity index is 2.81. The Morgan fingerprint density at radius 1 is 1.44 bits per heavy atom. The Kier molecular flexibility index (Phi) is 4.67. The lowest BCUT2D eigenvalue weighted by molar-refractivity contribution is 0.269. The quantitative estimate of drug-likeness (QED) is 0.421. The highest BCUT2D eigenvalue weighted by Gasteiger charge is 2.04. The van der Waals surface area contributed by atoms with Crippen LogP contribution in [-0.4, -0.2) is 6.61 Å². The predicted molar refractivity (Wildman–Crippen MR) is 64.4 cm³/mol. The van der Waals surface area contributed by atoms with Gasteiger partial charge in [0.05, 0.1) is 13.2 Å². The molecule has 86 valence electrons. The summed E-state index contributed by atoms with van der Waals surface area (Å²) >= 11 is 0. The lowest BCUT2D eigenvalue weighted by Crippen LogP contribution is -2.06. The minimum absolute atomic E-state index is 0.376. The van der Waals surface area contributed by atoms with Gasteiger partial charge < -0.3 is 4.74 Å². The summed E-state index contributed by atoms with van der Waals surface area (Å²) in [4.78, 5) is 2.76. The van der Waals surface area contributed by atoms with Crippen LogP contribution in [0.1, 0.15) is 25.0 Å². The summed E-state index contributed by atoms with van der Waals surface area (Å²) < 4.78 is 5.68. The third kappa shape index (κ3) is 3.48. The summed E-state index contributed by atoms with van der Waals surface area (Å²) in [5.41, 5.74) is 10.4. The molecule has 0 aliphatic carbocycles. The highest BCUT2D eigenvalue weighted by Crippen LogP contribution is 2.22. The molecule has 4 nitrogen and oxygen atoms in total. The number of rotatable bonds is 5. The van der Waals surface area contributed by atoms with E-state index in [2.05, 4.69) is 23.9 Å². The number of hydrogen-bond donors (Lipinski definition) is 0. The van der Waals surface area contributed by atoms with E-state index in [1.54, 1.807) is 0 Å². The molecule has 1 rings (SSSR count). The second-order valence-corrected chi connectivity index (χ2v) is 4.13. The molecule has 16 heavy (non-hydrogen) atoms. The monoisotopic (exact) mass is 219 g/mol. The van der Waals surface area contributed by atoms with Crippen LogP contribution >= 0.6 is 0 Å². The fourth-order valence-electron chi connectivity index (χ4n) is 1.35. The normalized spacial score (nSPS) is 10.0. The minimum atomic E-state index is 0.376. The molecule has 1 aromatic rings. The summed E-state index contributed by atoms with van der Waals surface area (Å²) in [7, 11) is 0. The lowest BCUT2D eigenvalue weighted by atomic mass is 10.1. The van der Waals surface area contributed by atoms with Crippen LogP contribution < -0.4 is 4.74 Å². The molecule has 0 saturated heterocycles. The van der Waals surface area contributed by atoms with Crippen LogP contribution in [0.5, 0.6) is 5.75 Å². The van der Waals surface area contributed by atoms with Gasteiger partial charge in [0.1, 0.15) is 5.75 Å². The third-order valence-electron chi connectivity index (χ3n) is 2.27. The molecule has 0 aliphatic rings. The molecule has 0 spiro atoms. The van der Waals surface area contributed by atoms with Crippen LogP contribution in [0, 0.1) is 12.8 Å². The van der Waals surface area contributed by atoms with Gasteiger partial charge in [0, 0.05) is 4.91 Å². The van der Waals surface area contributed by atoms with Gasteiger partial charge in [-0.15, -0.1) is 0 Å². The first-order chi connectivity index (χ1) is 7.65. The number of ether oxygens (including phenoxy) is 1. The smallest absolute Gasteiger partial charge is 0.122 e. The first kappa shape index (κ1) is 12.4. The van der Waals surface area contributed by atoms with Crippen molar-refractivity contribution in [3.63, 3.8) is 0 Å². The van der Waals surface area contributed by atoms with Crippen molar-refractivity contribution in [2.75, 3.05) is 6.61 Å². The van der Waals surface area contributed by atoms with Crippen LogP contribution in [0.3, 0.4) is 0 Å². The van der Waals surface area contributed by atoms with Crippen molar-refractivity contribution in [3.05, 3.63) is 39.8 Å². The number of hydrogen-bond acceptors (Lipinski definition) is 2. The van der Waals surface area contributed by atoms with Gasteiger partial charge >= 0.3 is 0 Å². The maximum atomic E-state index is 8.29. The molecule has 0 bridgehead atoms. The molecule has 0 N–H and O–H groups in total. The van der Waals surface area contributed by atoms with Crippen LogP contribution in [0.25, 0.3) is 10.4 Å². The first-order valence-corrected chi connectivity index (χ1v) is 5.37. The third-order valence-corrected chi connectivity index (χ3v) is 2.27. The van der Waals surface area contributed by atoms with Gasteiger partial charge in [-0.25, -0.2) is 0 Å². The van der Waals surface area contributed by atoms with Gasteiger partial charge in [0.15, 0.2) is 0 Å². The van der Waals surface area contributed by atoms with Gasteiger partial charge in [0.25, 0.3) is 0 Å². The zero-order valence-electron chi connectivity index (χ0n) is 9.97. The van der Waals surface area contributed by atoms with Crippen molar-refractivity contribution in [2.45, 2.75) is 27.3 Å². The molecule has 0 amide bonds. The fraction of sp³-hybridized carbons (Fsp3) is 0.500. The van der Waals surface area contributed by atoms with Crippen molar-refractivity contribution < 1.29 is 4.74 Å². The van der Waals surface area contributed by atoms with E-state index in [0.717, 1.165) is 16.9 Å². The average molecular weight is 219 g/mol. The zero-order valence-corrected chi connectivity index (χ0v) is 9.97. The van der Waals surface area contributed by atoms with Crippen molar-refractivity contribution >= 4 is 0 Å². The van der Waals surface area contributed by atoms with Gasteiger partial charge in [-0.1, -0.05) is 31.1 Å². The van der Waals surface area contributed by atoms with E-state index in [4.69, 9.17) is 10.3 Å². The molecular formula is C12H17N3O. The molecule has 0 heterocycles. The SMILES string of the molecule is Cc1c(CN=[N+]=[N-])cccc1OCC(C)C. The fourth-order valence-corrected chi connectivity index (χ4v) is 1.35. The molecular weight excluding hydrogens is 202 g/mol. The van der Waals surface area contributed by atoms with E-state index in [9.17, 15) is 0 Å². The Morgan fingerprint density at radius 2 is 2.19 bits per heavy atom. The zero-order chi connectivity index (χ0) is 12.0. The van der Waals surface area contributed by atoms with Crippen molar-refractivity contribution in [1.29, 1.82) is 0 Å². The Morgan fingerprint density at radius 3 is 2.81 bits per heavy atom. The first-order valence-electron chi connectivity index (χ1n) is 5.37. The lowest BCUT2D eigenvalue weighted by Gasteiger charge is -2.13. The average Bonchev–Trinajstić information content (AvgIpc) is 2.26. The molecule has 0 radical (unpaired) electrons. The van der Waals surface area contributed by atoms with E-state index >= 15 is 0 Å². The van der Waals surface area contributed by atoms with Gasteiger partial charge in [-0.2, -0.15) is 0 Å². The number of azide groups is 1. The van der Waals surface area contributed by atoms with Crippen LogP contribution in [0.4, 0.5) is 0 Å². The standard InChI is InChI=1S/C12H17N3O/c1-9(2)8-16-12-6-4-5-11(10(12)3)7-14-15-13/h4-6,9H,7-8H2,1-3H3. The van der Waals surface area contributed by atoms with Crippen LogP contribution in [0.2, 0.25) is 0 Å². The predicted octanol–water partition coefficient (Wildman–Crippen LogP) is 3.84. The molecule has 0 atom stereocenters. The summed E-state index contributed by atoms with van der Waals surface area (Å²) in [6, 6.07) is 5.81. The summed E-state index contributed by atoms with van der Waals surface area (Å²) in [6.45, 7) is 7.28. The summed E-state index contributed by atoms with van der Waals surface area (Å²) in [6.07, 6.45) is 0. The molecule has 0 saturated carbocycles. The molecule has 0 unspecified atom stereocenters. The van der Waals surface area contributed by atoms with E-state index in [0.29, 0.717) is 19.1 Å². The second kappa shape index (κ2) is 6.03. The Labute approximate surface area is 95.9 Å². The molecule has 0 aliphatic heterocycles. The minimum Gasteiger partial charge on any atom is -0.493 e. The maximum Gasteiger partial charge on any atom is 0.122 e. The number of nitrogens with zero attached hydrogens (tertiary/aromatic N) is 3. The van der Waals surface area contributed by atoms with Crippen LogP contribution in [0.15, 0.2) is 23.3 Å². The number of benzene rings is 1. The van der Waals surface area contributed by atoms with Crippen LogP contribution in [-0.2, 0) is 6.54 Å². The second-order valence-electron chi connectivity index (χ2n) is 4.13. The van der Waals surface area contributed by atoms with E-state index in [1.165, 1.54) is 0 Å². The van der Waals surface area contributed by atoms with Crippen molar-refractivity contribution in [2.24, 2.45) is 11.0 Å². The highest BCUT2D eigenvalue weighted by molar-refractivity contribution is 5.39. The molecule has 0 aromatic heterocycles. The van der Waals surface area contributed by atoms with Crippen molar-refractivity contribution in [1.82, 2.24) is 0 Å². The maximum absolute atomic E-state index is 8.29. The van der Waals surface area contributed by atoms with E-state index in [-0.39, 0.29) is 0 Å². The van der Waals surface area contributed by atoms with E-state index < -0.39 is 0 Å². The van der Waals surface area contributed by atoms with Gasteiger partial charge in [0.2, 0.25) is 0 Å². The highest BCUT2D eigenvalue weighted by atomic mass is 16.5. The Hall–Kier alpha value is -1.67. The molecule has 4 heteroatoms. The van der Waals surface area contributed by atoms with Gasteiger partial charge in [-0.3, -0.25) is 0 Å². The molecule has 0 fully saturated rings.